The van der Waals surface area contributed by atoms with Crippen molar-refractivity contribution in [2.75, 3.05) is 13.2 Å². The van der Waals surface area contributed by atoms with Crippen LogP contribution in [0.25, 0.3) is 0 Å². The lowest BCUT2D eigenvalue weighted by Gasteiger charge is -2.31. The number of carbonyl (C=O) groups excluding carboxylic acids is 1. The third-order valence-corrected chi connectivity index (χ3v) is 3.55. The maximum Gasteiger partial charge on any atom is 0.313 e. The summed E-state index contributed by atoms with van der Waals surface area (Å²) in [6.45, 7) is 6.76. The van der Waals surface area contributed by atoms with E-state index in [1.54, 1.807) is 4.68 Å². The highest BCUT2D eigenvalue weighted by atomic mass is 16.5. The molecule has 0 saturated carbocycles. The summed E-state index contributed by atoms with van der Waals surface area (Å²) in [5, 5.41) is 4.15. The lowest BCUT2D eigenvalue weighted by Crippen LogP contribution is -2.41. The summed E-state index contributed by atoms with van der Waals surface area (Å²) in [7, 11) is 1.89. The normalized spacial score (nSPS) is 14.3. The van der Waals surface area contributed by atoms with Crippen molar-refractivity contribution in [1.82, 2.24) is 9.78 Å². The van der Waals surface area contributed by atoms with Crippen molar-refractivity contribution in [3.05, 3.63) is 18.0 Å². The molecule has 0 spiro atoms. The highest BCUT2D eigenvalue weighted by Crippen LogP contribution is 2.32. The third-order valence-electron chi connectivity index (χ3n) is 3.55. The maximum atomic E-state index is 12.3. The highest BCUT2D eigenvalue weighted by molar-refractivity contribution is 5.77. The van der Waals surface area contributed by atoms with Crippen molar-refractivity contribution in [2.45, 2.75) is 40.0 Å². The van der Waals surface area contributed by atoms with Crippen LogP contribution >= 0.6 is 0 Å². The van der Waals surface area contributed by atoms with Gasteiger partial charge in [-0.2, -0.15) is 5.10 Å². The van der Waals surface area contributed by atoms with E-state index in [4.69, 9.17) is 10.5 Å². The number of hydrogen-bond acceptors (Lipinski definition) is 4. The molecular weight excluding hydrogens is 254 g/mol. The van der Waals surface area contributed by atoms with Gasteiger partial charge in [0.25, 0.3) is 0 Å². The standard InChI is InChI=1S/C15H27N3O2/c1-5-20-14(19)15(11-16,8-12(2)3)7-6-13-9-17-18(4)10-13/h9-10,12H,5-8,11,16H2,1-4H3. The molecule has 0 amide bonds. The van der Waals surface area contributed by atoms with Gasteiger partial charge >= 0.3 is 5.97 Å². The summed E-state index contributed by atoms with van der Waals surface area (Å²) < 4.78 is 7.02. The Labute approximate surface area is 121 Å². The Kier molecular flexibility index (Phi) is 6.20. The fraction of sp³-hybridized carbons (Fsp3) is 0.733. The number of nitrogens with zero attached hydrogens (tertiary/aromatic N) is 2. The quantitative estimate of drug-likeness (QED) is 0.739. The molecule has 1 unspecified atom stereocenters. The average molecular weight is 281 g/mol. The lowest BCUT2D eigenvalue weighted by molar-refractivity contribution is -0.156. The molecular formula is C15H27N3O2. The first-order valence-corrected chi connectivity index (χ1v) is 7.28. The van der Waals surface area contributed by atoms with Gasteiger partial charge in [0.1, 0.15) is 0 Å². The summed E-state index contributed by atoms with van der Waals surface area (Å²) in [5.41, 5.74) is 6.48. The molecule has 0 bridgehead atoms. The molecule has 5 nitrogen and oxygen atoms in total. The summed E-state index contributed by atoms with van der Waals surface area (Å²) in [4.78, 5) is 12.3. The van der Waals surface area contributed by atoms with Crippen LogP contribution < -0.4 is 5.73 Å². The molecule has 1 aromatic rings. The van der Waals surface area contributed by atoms with Crippen molar-refractivity contribution >= 4 is 5.97 Å². The molecule has 0 saturated heterocycles. The van der Waals surface area contributed by atoms with E-state index in [2.05, 4.69) is 18.9 Å². The smallest absolute Gasteiger partial charge is 0.313 e. The van der Waals surface area contributed by atoms with E-state index >= 15 is 0 Å². The Balaban J connectivity index is 2.82. The van der Waals surface area contributed by atoms with E-state index in [0.29, 0.717) is 25.5 Å². The number of hydrogen-bond donors (Lipinski definition) is 1. The van der Waals surface area contributed by atoms with Crippen LogP contribution in [0.1, 0.15) is 39.2 Å². The Hall–Kier alpha value is -1.36. The molecule has 5 heteroatoms. The first-order valence-electron chi connectivity index (χ1n) is 7.28. The van der Waals surface area contributed by atoms with Gasteiger partial charge in [-0.25, -0.2) is 0 Å². The molecule has 0 aromatic carbocycles. The molecule has 0 radical (unpaired) electrons. The Morgan fingerprint density at radius 3 is 2.70 bits per heavy atom. The molecule has 1 atom stereocenters. The zero-order chi connectivity index (χ0) is 15.2. The van der Waals surface area contributed by atoms with Crippen LogP contribution in [-0.4, -0.2) is 28.9 Å². The van der Waals surface area contributed by atoms with Crippen molar-refractivity contribution in [2.24, 2.45) is 24.1 Å². The summed E-state index contributed by atoms with van der Waals surface area (Å²) in [6.07, 6.45) is 6.05. The number of esters is 1. The van der Waals surface area contributed by atoms with Crippen LogP contribution in [0.3, 0.4) is 0 Å². The van der Waals surface area contributed by atoms with Gasteiger partial charge in [-0.15, -0.1) is 0 Å². The van der Waals surface area contributed by atoms with Gasteiger partial charge in [0, 0.05) is 19.8 Å². The van der Waals surface area contributed by atoms with Crippen molar-refractivity contribution in [1.29, 1.82) is 0 Å². The number of rotatable bonds is 8. The van der Waals surface area contributed by atoms with Gasteiger partial charge in [-0.1, -0.05) is 13.8 Å². The maximum absolute atomic E-state index is 12.3. The second-order valence-corrected chi connectivity index (χ2v) is 5.83. The fourth-order valence-corrected chi connectivity index (χ4v) is 2.61. The molecule has 0 aliphatic heterocycles. The predicted molar refractivity (Wildman–Crippen MR) is 79.1 cm³/mol. The van der Waals surface area contributed by atoms with E-state index in [9.17, 15) is 4.79 Å². The van der Waals surface area contributed by atoms with Crippen molar-refractivity contribution in [3.63, 3.8) is 0 Å². The topological polar surface area (TPSA) is 70.1 Å². The second-order valence-electron chi connectivity index (χ2n) is 5.83. The van der Waals surface area contributed by atoms with E-state index in [-0.39, 0.29) is 5.97 Å². The molecule has 0 aliphatic carbocycles. The lowest BCUT2D eigenvalue weighted by atomic mass is 9.76. The molecule has 114 valence electrons. The SMILES string of the molecule is CCOC(=O)C(CN)(CCc1cnn(C)c1)CC(C)C. The van der Waals surface area contributed by atoms with Gasteiger partial charge in [-0.05, 0) is 37.7 Å². The van der Waals surface area contributed by atoms with Crippen LogP contribution in [0.2, 0.25) is 0 Å². The fourth-order valence-electron chi connectivity index (χ4n) is 2.61. The first-order chi connectivity index (χ1) is 9.43. The monoisotopic (exact) mass is 281 g/mol. The van der Waals surface area contributed by atoms with Crippen molar-refractivity contribution < 1.29 is 9.53 Å². The van der Waals surface area contributed by atoms with E-state index < -0.39 is 5.41 Å². The predicted octanol–water partition coefficient (Wildman–Crippen LogP) is 1.91. The summed E-state index contributed by atoms with van der Waals surface area (Å²) in [5.74, 6) is 0.233. The van der Waals surface area contributed by atoms with Gasteiger partial charge in [0.15, 0.2) is 0 Å². The van der Waals surface area contributed by atoms with Crippen LogP contribution in [0.15, 0.2) is 12.4 Å². The number of aryl methyl sites for hydroxylation is 2. The first kappa shape index (κ1) is 16.7. The zero-order valence-electron chi connectivity index (χ0n) is 13.1. The largest absolute Gasteiger partial charge is 0.466 e. The minimum absolute atomic E-state index is 0.167. The summed E-state index contributed by atoms with van der Waals surface area (Å²) in [6, 6.07) is 0. The van der Waals surface area contributed by atoms with Crippen LogP contribution in [0, 0.1) is 11.3 Å². The zero-order valence-corrected chi connectivity index (χ0v) is 13.1. The highest BCUT2D eigenvalue weighted by Gasteiger charge is 2.38. The third kappa shape index (κ3) is 4.34. The Morgan fingerprint density at radius 1 is 1.55 bits per heavy atom. The Morgan fingerprint density at radius 2 is 2.25 bits per heavy atom. The number of aromatic nitrogens is 2. The molecule has 0 fully saturated rings. The van der Waals surface area contributed by atoms with Crippen molar-refractivity contribution in [3.8, 4) is 0 Å². The van der Waals surface area contributed by atoms with Gasteiger partial charge in [-0.3, -0.25) is 9.48 Å². The molecule has 20 heavy (non-hydrogen) atoms. The van der Waals surface area contributed by atoms with Crippen LogP contribution in [0.4, 0.5) is 0 Å². The minimum atomic E-state index is -0.583. The van der Waals surface area contributed by atoms with Crippen LogP contribution in [-0.2, 0) is 23.0 Å². The average Bonchev–Trinajstić information content (AvgIpc) is 2.80. The van der Waals surface area contributed by atoms with E-state index in [1.807, 2.05) is 26.4 Å². The molecule has 0 aliphatic rings. The summed E-state index contributed by atoms with van der Waals surface area (Å²) >= 11 is 0. The van der Waals surface area contributed by atoms with Crippen LogP contribution in [0.5, 0.6) is 0 Å². The Bertz CT molecular complexity index is 429. The molecule has 1 heterocycles. The van der Waals surface area contributed by atoms with Gasteiger partial charge in [0.2, 0.25) is 0 Å². The molecule has 1 rings (SSSR count). The van der Waals surface area contributed by atoms with E-state index in [0.717, 1.165) is 18.4 Å². The molecule has 1 aromatic heterocycles. The van der Waals surface area contributed by atoms with Gasteiger partial charge in [0.05, 0.1) is 18.2 Å². The second kappa shape index (κ2) is 7.43. The minimum Gasteiger partial charge on any atom is -0.466 e. The van der Waals surface area contributed by atoms with E-state index in [1.165, 1.54) is 0 Å². The number of carbonyl (C=O) groups is 1. The molecule has 2 N–H and O–H groups in total. The number of nitrogens with two attached hydrogens (primary N) is 1. The number of ether oxygens (including phenoxy) is 1. The van der Waals surface area contributed by atoms with Gasteiger partial charge < -0.3 is 10.5 Å².